The maximum Gasteiger partial charge on any atom is 0.321 e. The van der Waals surface area contributed by atoms with Crippen LogP contribution in [0.5, 0.6) is 0 Å². The van der Waals surface area contributed by atoms with E-state index < -0.39 is 0 Å². The molecule has 0 atom stereocenters. The zero-order valence-corrected chi connectivity index (χ0v) is 18.7. The molecule has 7 rings (SSSR count). The maximum atomic E-state index is 3.87. The topological polar surface area (TPSA) is 24.1 Å². The third-order valence-corrected chi connectivity index (χ3v) is 7.15. The van der Waals surface area contributed by atoms with Gasteiger partial charge < -0.3 is 10.5 Å². The van der Waals surface area contributed by atoms with Crippen LogP contribution < -0.4 is 32.3 Å². The van der Waals surface area contributed by atoms with Gasteiger partial charge in [-0.3, -0.25) is 0 Å². The second kappa shape index (κ2) is 7.71. The van der Waals surface area contributed by atoms with E-state index >= 15 is 0 Å². The van der Waals surface area contributed by atoms with Crippen molar-refractivity contribution < 1.29 is 0 Å². The van der Waals surface area contributed by atoms with Gasteiger partial charge in [0, 0.05) is 22.5 Å². The lowest BCUT2D eigenvalue weighted by molar-refractivity contribution is 1.53. The molecular formula is C30H22B2N2. The Morgan fingerprint density at radius 2 is 0.765 bits per heavy atom. The molecule has 0 saturated heterocycles. The molecule has 0 unspecified atom stereocenters. The summed E-state index contributed by atoms with van der Waals surface area (Å²) in [6.45, 7) is 0.263. The van der Waals surface area contributed by atoms with Gasteiger partial charge in [-0.1, -0.05) is 120 Å². The summed E-state index contributed by atoms with van der Waals surface area (Å²) in [5, 5.41) is 7.73. The molecule has 0 aliphatic carbocycles. The molecule has 34 heavy (non-hydrogen) atoms. The van der Waals surface area contributed by atoms with Gasteiger partial charge >= 0.3 is 13.7 Å². The summed E-state index contributed by atoms with van der Waals surface area (Å²) < 4.78 is 0. The van der Waals surface area contributed by atoms with Crippen molar-refractivity contribution in [1.82, 2.24) is 0 Å². The van der Waals surface area contributed by atoms with Gasteiger partial charge in [0.2, 0.25) is 0 Å². The Morgan fingerprint density at radius 3 is 1.21 bits per heavy atom. The van der Waals surface area contributed by atoms with Gasteiger partial charge in [-0.25, -0.2) is 0 Å². The molecule has 0 bridgehead atoms. The fourth-order valence-electron chi connectivity index (χ4n) is 5.56. The number of anilines is 2. The largest absolute Gasteiger partial charge is 0.420 e. The van der Waals surface area contributed by atoms with Crippen LogP contribution in [0.1, 0.15) is 0 Å². The van der Waals surface area contributed by atoms with Crippen molar-refractivity contribution in [3.05, 3.63) is 121 Å². The maximum absolute atomic E-state index is 3.87. The van der Waals surface area contributed by atoms with E-state index in [1.54, 1.807) is 0 Å². The van der Waals surface area contributed by atoms with E-state index in [1.807, 2.05) is 0 Å². The standard InChI is InChI=1S/C30H22B2N2/c1-3-11-21(12-4-1)31-27-17-9-7-15-23(27)25-20-30-26(19-29(25)33-31)24-16-8-10-18-28(24)32(34-30)22-13-5-2-6-14-22/h1-20,33-34H. The fourth-order valence-corrected chi connectivity index (χ4v) is 5.56. The Bertz CT molecular complexity index is 1400. The molecule has 0 fully saturated rings. The highest BCUT2D eigenvalue weighted by atomic mass is 14.8. The van der Waals surface area contributed by atoms with Crippen molar-refractivity contribution in [2.75, 3.05) is 10.5 Å². The molecule has 158 valence electrons. The van der Waals surface area contributed by atoms with Crippen LogP contribution in [-0.2, 0) is 0 Å². The van der Waals surface area contributed by atoms with Crippen LogP contribution >= 0.6 is 0 Å². The van der Waals surface area contributed by atoms with Gasteiger partial charge in [0.25, 0.3) is 0 Å². The first-order valence-corrected chi connectivity index (χ1v) is 11.9. The van der Waals surface area contributed by atoms with Crippen molar-refractivity contribution in [2.24, 2.45) is 0 Å². The molecule has 0 saturated carbocycles. The average Bonchev–Trinajstić information content (AvgIpc) is 2.92. The number of rotatable bonds is 2. The minimum atomic E-state index is 0.131. The molecule has 4 heteroatoms. The summed E-state index contributed by atoms with van der Waals surface area (Å²) in [5.74, 6) is 0. The van der Waals surface area contributed by atoms with Crippen molar-refractivity contribution in [3.8, 4) is 22.3 Å². The lowest BCUT2D eigenvalue weighted by atomic mass is 9.47. The molecule has 5 aromatic rings. The summed E-state index contributed by atoms with van der Waals surface area (Å²) >= 11 is 0. The van der Waals surface area contributed by atoms with E-state index in [0.29, 0.717) is 0 Å². The first-order valence-electron chi connectivity index (χ1n) is 11.9. The SMILES string of the molecule is c1ccc(B2Nc3cc4c(cc3-c3ccccc32)NB(c2ccccc2)c2ccccc2-4)cc1. The summed E-state index contributed by atoms with van der Waals surface area (Å²) in [6, 6.07) is 43.7. The lowest BCUT2D eigenvalue weighted by Gasteiger charge is -2.33. The van der Waals surface area contributed by atoms with Gasteiger partial charge in [-0.2, -0.15) is 0 Å². The Labute approximate surface area is 200 Å². The molecule has 2 aliphatic heterocycles. The Balaban J connectivity index is 1.41. The molecular weight excluding hydrogens is 410 g/mol. The Morgan fingerprint density at radius 1 is 0.382 bits per heavy atom. The second-order valence-electron chi connectivity index (χ2n) is 9.09. The summed E-state index contributed by atoms with van der Waals surface area (Å²) in [7, 11) is 0. The van der Waals surface area contributed by atoms with Crippen molar-refractivity contribution in [2.45, 2.75) is 0 Å². The summed E-state index contributed by atoms with van der Waals surface area (Å²) in [6.07, 6.45) is 0. The second-order valence-corrected chi connectivity index (χ2v) is 9.09. The predicted octanol–water partition coefficient (Wildman–Crippen LogP) is 4.08. The fraction of sp³-hybridized carbons (Fsp3) is 0. The van der Waals surface area contributed by atoms with E-state index in [-0.39, 0.29) is 13.7 Å². The van der Waals surface area contributed by atoms with E-state index in [9.17, 15) is 0 Å². The van der Waals surface area contributed by atoms with E-state index in [4.69, 9.17) is 0 Å². The van der Waals surface area contributed by atoms with E-state index in [2.05, 4.69) is 132 Å². The molecule has 2 N–H and O–H groups in total. The molecule has 0 radical (unpaired) electrons. The first kappa shape index (κ1) is 19.3. The zero-order chi connectivity index (χ0) is 22.5. The van der Waals surface area contributed by atoms with Crippen LogP contribution in [0, 0.1) is 0 Å². The third-order valence-electron chi connectivity index (χ3n) is 7.15. The van der Waals surface area contributed by atoms with E-state index in [1.165, 1.54) is 55.5 Å². The van der Waals surface area contributed by atoms with Crippen LogP contribution in [0.4, 0.5) is 11.4 Å². The van der Waals surface area contributed by atoms with Crippen LogP contribution in [0.25, 0.3) is 22.3 Å². The molecule has 2 heterocycles. The number of fused-ring (bicyclic) bond motifs is 6. The van der Waals surface area contributed by atoms with Gasteiger partial charge in [0.1, 0.15) is 0 Å². The Kier molecular flexibility index (Phi) is 4.38. The minimum absolute atomic E-state index is 0.131. The number of hydrogen-bond donors (Lipinski definition) is 2. The van der Waals surface area contributed by atoms with Crippen LogP contribution in [0.3, 0.4) is 0 Å². The van der Waals surface area contributed by atoms with Crippen LogP contribution in [0.15, 0.2) is 121 Å². The van der Waals surface area contributed by atoms with Crippen molar-refractivity contribution in [1.29, 1.82) is 0 Å². The van der Waals surface area contributed by atoms with E-state index in [0.717, 1.165) is 0 Å². The summed E-state index contributed by atoms with van der Waals surface area (Å²) in [4.78, 5) is 0. The Hall–Kier alpha value is -4.17. The highest BCUT2D eigenvalue weighted by molar-refractivity contribution is 6.90. The number of nitrogens with one attached hydrogen (secondary N) is 2. The molecule has 2 nitrogen and oxygen atoms in total. The van der Waals surface area contributed by atoms with Crippen molar-refractivity contribution >= 4 is 46.9 Å². The molecule has 0 aromatic heterocycles. The quantitative estimate of drug-likeness (QED) is 0.411. The zero-order valence-electron chi connectivity index (χ0n) is 18.7. The monoisotopic (exact) mass is 432 g/mol. The summed E-state index contributed by atoms with van der Waals surface area (Å²) in [5.41, 5.74) is 12.6. The molecule has 5 aromatic carbocycles. The third kappa shape index (κ3) is 2.99. The van der Waals surface area contributed by atoms with Crippen LogP contribution in [-0.4, -0.2) is 13.7 Å². The average molecular weight is 432 g/mol. The number of benzene rings is 5. The normalized spacial score (nSPS) is 13.1. The first-order chi connectivity index (χ1) is 16.9. The molecule has 0 spiro atoms. The number of hydrogen-bond acceptors (Lipinski definition) is 2. The predicted molar refractivity (Wildman–Crippen MR) is 147 cm³/mol. The minimum Gasteiger partial charge on any atom is -0.420 e. The lowest BCUT2D eigenvalue weighted by Crippen LogP contribution is -2.53. The highest BCUT2D eigenvalue weighted by Crippen LogP contribution is 2.41. The van der Waals surface area contributed by atoms with Crippen molar-refractivity contribution in [3.63, 3.8) is 0 Å². The smallest absolute Gasteiger partial charge is 0.321 e. The molecule has 2 aliphatic rings. The van der Waals surface area contributed by atoms with Gasteiger partial charge in [0.15, 0.2) is 0 Å². The molecule has 0 amide bonds. The van der Waals surface area contributed by atoms with Gasteiger partial charge in [-0.15, -0.1) is 0 Å². The highest BCUT2D eigenvalue weighted by Gasteiger charge is 2.33. The van der Waals surface area contributed by atoms with Gasteiger partial charge in [-0.05, 0) is 34.2 Å². The van der Waals surface area contributed by atoms with Crippen LogP contribution in [0.2, 0.25) is 0 Å². The van der Waals surface area contributed by atoms with Gasteiger partial charge in [0.05, 0.1) is 0 Å².